The maximum Gasteiger partial charge on any atom is 0.410 e. The van der Waals surface area contributed by atoms with Crippen molar-refractivity contribution in [3.8, 4) is 5.75 Å². The number of carbonyl (C=O) groups excluding carboxylic acids is 2. The molecule has 164 valence electrons. The number of hydrogen-bond donors (Lipinski definition) is 0. The van der Waals surface area contributed by atoms with E-state index in [0.29, 0.717) is 19.0 Å². The van der Waals surface area contributed by atoms with Gasteiger partial charge < -0.3 is 19.3 Å². The summed E-state index contributed by atoms with van der Waals surface area (Å²) in [5.41, 5.74) is 2.16. The van der Waals surface area contributed by atoms with Crippen LogP contribution in [0.4, 0.5) is 4.79 Å². The minimum atomic E-state index is -0.467. The van der Waals surface area contributed by atoms with Gasteiger partial charge in [-0.2, -0.15) is 0 Å². The molecule has 30 heavy (non-hydrogen) atoms. The molecule has 1 aliphatic carbocycles. The highest BCUT2D eigenvalue weighted by atomic mass is 16.6. The normalized spacial score (nSPS) is 20.4. The van der Waals surface area contributed by atoms with Gasteiger partial charge in [-0.25, -0.2) is 4.79 Å². The van der Waals surface area contributed by atoms with Crippen molar-refractivity contribution in [1.29, 1.82) is 0 Å². The van der Waals surface area contributed by atoms with Crippen molar-refractivity contribution < 1.29 is 19.1 Å². The van der Waals surface area contributed by atoms with E-state index in [4.69, 9.17) is 9.47 Å². The van der Waals surface area contributed by atoms with Crippen LogP contribution >= 0.6 is 0 Å². The highest BCUT2D eigenvalue weighted by Crippen LogP contribution is 2.32. The fraction of sp³-hybridized carbons (Fsp3) is 0.667. The molecule has 4 rings (SSSR count). The molecule has 2 amide bonds. The van der Waals surface area contributed by atoms with Crippen LogP contribution in [0.5, 0.6) is 5.75 Å². The van der Waals surface area contributed by atoms with Crippen molar-refractivity contribution in [1.82, 2.24) is 9.80 Å². The lowest BCUT2D eigenvalue weighted by atomic mass is 10.0. The van der Waals surface area contributed by atoms with Crippen LogP contribution < -0.4 is 4.74 Å². The standard InChI is InChI=1S/C24H34N2O4/c1-24(2,3)30-23(28)26-14-10-20(11-15-26)29-21-7-6-17-8-12-25(13-9-19(17)16-21)22(27)18-4-5-18/h6-7,16,18,20H,4-5,8-15H2,1-3H3. The van der Waals surface area contributed by atoms with Crippen molar-refractivity contribution in [3.05, 3.63) is 29.3 Å². The van der Waals surface area contributed by atoms with Crippen LogP contribution in [0.2, 0.25) is 0 Å². The number of carbonyl (C=O) groups is 2. The van der Waals surface area contributed by atoms with Crippen LogP contribution in [-0.4, -0.2) is 59.7 Å². The third-order valence-electron chi connectivity index (χ3n) is 6.11. The molecule has 6 heteroatoms. The van der Waals surface area contributed by atoms with E-state index in [1.54, 1.807) is 4.90 Å². The summed E-state index contributed by atoms with van der Waals surface area (Å²) >= 11 is 0. The summed E-state index contributed by atoms with van der Waals surface area (Å²) in [5.74, 6) is 1.53. The molecule has 1 aromatic rings. The smallest absolute Gasteiger partial charge is 0.410 e. The number of hydrogen-bond acceptors (Lipinski definition) is 4. The van der Waals surface area contributed by atoms with Gasteiger partial charge in [0.1, 0.15) is 17.5 Å². The summed E-state index contributed by atoms with van der Waals surface area (Å²) in [7, 11) is 0. The molecule has 0 spiro atoms. The lowest BCUT2D eigenvalue weighted by Crippen LogP contribution is -2.44. The lowest BCUT2D eigenvalue weighted by molar-refractivity contribution is -0.132. The van der Waals surface area contributed by atoms with Crippen LogP contribution in [0.3, 0.4) is 0 Å². The van der Waals surface area contributed by atoms with E-state index < -0.39 is 5.60 Å². The second kappa shape index (κ2) is 8.48. The van der Waals surface area contributed by atoms with Gasteiger partial charge in [0.25, 0.3) is 0 Å². The maximum atomic E-state index is 12.4. The van der Waals surface area contributed by atoms with Crippen molar-refractivity contribution >= 4 is 12.0 Å². The van der Waals surface area contributed by atoms with Gasteiger partial charge in [-0.3, -0.25) is 4.79 Å². The van der Waals surface area contributed by atoms with E-state index in [2.05, 4.69) is 18.2 Å². The summed E-state index contributed by atoms with van der Waals surface area (Å²) in [6.45, 7) is 8.61. The Balaban J connectivity index is 1.30. The molecule has 2 aliphatic heterocycles. The van der Waals surface area contributed by atoms with E-state index in [1.165, 1.54) is 11.1 Å². The van der Waals surface area contributed by atoms with Crippen LogP contribution in [0.1, 0.15) is 57.6 Å². The summed E-state index contributed by atoms with van der Waals surface area (Å²) < 4.78 is 11.7. The Kier molecular flexibility index (Phi) is 5.94. The summed E-state index contributed by atoms with van der Waals surface area (Å²) in [5, 5.41) is 0. The van der Waals surface area contributed by atoms with Gasteiger partial charge in [-0.05, 0) is 69.7 Å². The molecule has 2 heterocycles. The van der Waals surface area contributed by atoms with Crippen LogP contribution in [-0.2, 0) is 22.4 Å². The fourth-order valence-electron chi connectivity index (χ4n) is 4.26. The number of ether oxygens (including phenoxy) is 2. The Morgan fingerprint density at radius 1 is 0.900 bits per heavy atom. The molecule has 0 aromatic heterocycles. The van der Waals surface area contributed by atoms with Crippen LogP contribution in [0.25, 0.3) is 0 Å². The molecule has 0 unspecified atom stereocenters. The third kappa shape index (κ3) is 5.27. The Labute approximate surface area is 179 Å². The second-order valence-corrected chi connectivity index (χ2v) is 9.81. The summed E-state index contributed by atoms with van der Waals surface area (Å²) in [6, 6.07) is 6.36. The number of piperidine rings is 1. The van der Waals surface area contributed by atoms with Gasteiger partial charge in [-0.1, -0.05) is 6.07 Å². The number of fused-ring (bicyclic) bond motifs is 1. The average Bonchev–Trinajstić information content (AvgIpc) is 3.54. The zero-order valence-corrected chi connectivity index (χ0v) is 18.5. The Morgan fingerprint density at radius 2 is 1.57 bits per heavy atom. The second-order valence-electron chi connectivity index (χ2n) is 9.81. The molecule has 1 saturated heterocycles. The van der Waals surface area contributed by atoms with Gasteiger partial charge in [0.2, 0.25) is 5.91 Å². The first kappa shape index (κ1) is 21.0. The van der Waals surface area contributed by atoms with E-state index in [0.717, 1.165) is 57.4 Å². The molecule has 1 aromatic carbocycles. The first-order chi connectivity index (χ1) is 14.3. The van der Waals surface area contributed by atoms with Crippen LogP contribution in [0.15, 0.2) is 18.2 Å². The first-order valence-electron chi connectivity index (χ1n) is 11.3. The summed E-state index contributed by atoms with van der Waals surface area (Å²) in [4.78, 5) is 28.5. The number of amides is 2. The Bertz CT molecular complexity index is 789. The highest BCUT2D eigenvalue weighted by molar-refractivity contribution is 5.81. The zero-order valence-electron chi connectivity index (χ0n) is 18.5. The molecule has 3 aliphatic rings. The highest BCUT2D eigenvalue weighted by Gasteiger charge is 2.34. The Hall–Kier alpha value is -2.24. The van der Waals surface area contributed by atoms with E-state index in [9.17, 15) is 9.59 Å². The molecule has 1 saturated carbocycles. The molecular formula is C24H34N2O4. The predicted octanol–water partition coefficient (Wildman–Crippen LogP) is 3.80. The maximum absolute atomic E-state index is 12.4. The van der Waals surface area contributed by atoms with Gasteiger partial charge in [0.15, 0.2) is 0 Å². The van der Waals surface area contributed by atoms with Crippen molar-refractivity contribution in [3.63, 3.8) is 0 Å². The number of benzene rings is 1. The molecule has 0 radical (unpaired) electrons. The fourth-order valence-corrected chi connectivity index (χ4v) is 4.26. The topological polar surface area (TPSA) is 59.1 Å². The molecule has 0 N–H and O–H groups in total. The predicted molar refractivity (Wildman–Crippen MR) is 115 cm³/mol. The van der Waals surface area contributed by atoms with Gasteiger partial charge >= 0.3 is 6.09 Å². The summed E-state index contributed by atoms with van der Waals surface area (Å²) in [6.07, 6.45) is 5.42. The average molecular weight is 415 g/mol. The molecule has 2 fully saturated rings. The van der Waals surface area contributed by atoms with Gasteiger partial charge in [0, 0.05) is 44.9 Å². The quantitative estimate of drug-likeness (QED) is 0.755. The SMILES string of the molecule is CC(C)(C)OC(=O)N1CCC(Oc2ccc3c(c2)CCN(C(=O)C2CC2)CC3)CC1. The van der Waals surface area contributed by atoms with Gasteiger partial charge in [0.05, 0.1) is 0 Å². The van der Waals surface area contributed by atoms with Crippen molar-refractivity contribution in [2.75, 3.05) is 26.2 Å². The lowest BCUT2D eigenvalue weighted by Gasteiger charge is -2.33. The number of nitrogens with zero attached hydrogens (tertiary/aromatic N) is 2. The monoisotopic (exact) mass is 414 g/mol. The first-order valence-corrected chi connectivity index (χ1v) is 11.3. The van der Waals surface area contributed by atoms with E-state index in [1.807, 2.05) is 25.7 Å². The molecule has 0 atom stereocenters. The molecular weight excluding hydrogens is 380 g/mol. The third-order valence-corrected chi connectivity index (χ3v) is 6.11. The Morgan fingerprint density at radius 3 is 2.20 bits per heavy atom. The molecule has 6 nitrogen and oxygen atoms in total. The van der Waals surface area contributed by atoms with Crippen molar-refractivity contribution in [2.45, 2.75) is 71.0 Å². The van der Waals surface area contributed by atoms with Crippen LogP contribution in [0, 0.1) is 5.92 Å². The number of likely N-dealkylation sites (tertiary alicyclic amines) is 1. The zero-order chi connectivity index (χ0) is 21.3. The largest absolute Gasteiger partial charge is 0.490 e. The minimum Gasteiger partial charge on any atom is -0.490 e. The van der Waals surface area contributed by atoms with Gasteiger partial charge in [-0.15, -0.1) is 0 Å². The van der Waals surface area contributed by atoms with E-state index in [-0.39, 0.29) is 18.1 Å². The van der Waals surface area contributed by atoms with E-state index >= 15 is 0 Å². The number of rotatable bonds is 3. The minimum absolute atomic E-state index is 0.112. The van der Waals surface area contributed by atoms with Crippen molar-refractivity contribution in [2.24, 2.45) is 5.92 Å². The molecule has 0 bridgehead atoms.